The number of Topliss-reactive ketones (excluding diaryl/α,β-unsaturated/α-hetero) is 1. The lowest BCUT2D eigenvalue weighted by atomic mass is 9.67. The van der Waals surface area contributed by atoms with Crippen molar-refractivity contribution in [2.24, 2.45) is 17.3 Å². The average molecular weight is 535 g/mol. The lowest BCUT2D eigenvalue weighted by Crippen LogP contribution is -2.47. The van der Waals surface area contributed by atoms with Crippen molar-refractivity contribution in [3.8, 4) is 0 Å². The molecule has 38 heavy (non-hydrogen) atoms. The number of benzene rings is 2. The van der Waals surface area contributed by atoms with Gasteiger partial charge in [0.15, 0.2) is 5.78 Å². The summed E-state index contributed by atoms with van der Waals surface area (Å²) in [6, 6.07) is 11.1. The zero-order valence-corrected chi connectivity index (χ0v) is 23.9. The Morgan fingerprint density at radius 1 is 1.13 bits per heavy atom. The molecule has 0 radical (unpaired) electrons. The van der Waals surface area contributed by atoms with Gasteiger partial charge < -0.3 is 10.1 Å². The van der Waals surface area contributed by atoms with Gasteiger partial charge in [0.2, 0.25) is 0 Å². The number of nitrogens with one attached hydrogen (secondary N) is 1. The van der Waals surface area contributed by atoms with Crippen LogP contribution in [-0.2, 0) is 19.6 Å². The van der Waals surface area contributed by atoms with Gasteiger partial charge >= 0.3 is 0 Å². The number of hydrogen-bond acceptors (Lipinski definition) is 5. The van der Waals surface area contributed by atoms with Gasteiger partial charge in [-0.25, -0.2) is 8.42 Å². The number of nitrogens with zero attached hydrogens (tertiary/aromatic N) is 1. The van der Waals surface area contributed by atoms with Gasteiger partial charge in [0, 0.05) is 53.8 Å². The highest BCUT2D eigenvalue weighted by molar-refractivity contribution is 7.92. The number of fused-ring (bicyclic) bond motifs is 3. The van der Waals surface area contributed by atoms with Crippen molar-refractivity contribution >= 4 is 27.2 Å². The van der Waals surface area contributed by atoms with Crippen molar-refractivity contribution < 1.29 is 17.9 Å². The van der Waals surface area contributed by atoms with Crippen LogP contribution in [-0.4, -0.2) is 33.9 Å². The summed E-state index contributed by atoms with van der Waals surface area (Å²) in [6.45, 7) is 10.7. The van der Waals surface area contributed by atoms with Gasteiger partial charge in [-0.15, -0.1) is 0 Å². The second-order valence-electron chi connectivity index (χ2n) is 11.6. The molecule has 1 aliphatic carbocycles. The molecule has 2 heterocycles. The molecular weight excluding hydrogens is 496 g/mol. The van der Waals surface area contributed by atoms with Crippen molar-refractivity contribution in [1.29, 1.82) is 0 Å². The fourth-order valence-corrected chi connectivity index (χ4v) is 7.20. The molecule has 7 heteroatoms. The molecule has 1 N–H and O–H groups in total. The van der Waals surface area contributed by atoms with E-state index >= 15 is 0 Å². The number of hydrogen-bond donors (Lipinski definition) is 1. The smallest absolute Gasteiger partial charge is 0.264 e. The summed E-state index contributed by atoms with van der Waals surface area (Å²) in [5, 5.41) is 3.74. The molecule has 0 bridgehead atoms. The summed E-state index contributed by atoms with van der Waals surface area (Å²) < 4.78 is 34.8. The molecule has 2 aromatic rings. The lowest BCUT2D eigenvalue weighted by molar-refractivity contribution is -0.118. The average Bonchev–Trinajstić information content (AvgIpc) is 3.39. The van der Waals surface area contributed by atoms with Crippen LogP contribution in [0.25, 0.3) is 0 Å². The molecule has 1 fully saturated rings. The molecule has 0 saturated carbocycles. The summed E-state index contributed by atoms with van der Waals surface area (Å²) in [7, 11) is -2.15. The van der Waals surface area contributed by atoms with Crippen molar-refractivity contribution in [2.45, 2.75) is 64.5 Å². The van der Waals surface area contributed by atoms with Crippen LogP contribution in [0.2, 0.25) is 0 Å². The van der Waals surface area contributed by atoms with Crippen LogP contribution < -0.4 is 9.62 Å². The molecule has 2 aliphatic heterocycles. The van der Waals surface area contributed by atoms with E-state index in [1.165, 1.54) is 4.31 Å². The highest BCUT2D eigenvalue weighted by Crippen LogP contribution is 2.51. The number of sulfonamides is 1. The van der Waals surface area contributed by atoms with Gasteiger partial charge in [-0.1, -0.05) is 45.1 Å². The summed E-state index contributed by atoms with van der Waals surface area (Å²) in [6.07, 6.45) is 7.71. The third kappa shape index (κ3) is 4.50. The zero-order chi connectivity index (χ0) is 27.4. The number of carbonyl (C=O) groups excluding carboxylic acids is 1. The van der Waals surface area contributed by atoms with E-state index in [0.29, 0.717) is 12.3 Å². The zero-order valence-electron chi connectivity index (χ0n) is 23.1. The van der Waals surface area contributed by atoms with Crippen molar-refractivity contribution in [3.63, 3.8) is 0 Å². The number of anilines is 2. The van der Waals surface area contributed by atoms with E-state index in [1.807, 2.05) is 58.0 Å². The third-order valence-electron chi connectivity index (χ3n) is 8.64. The Kier molecular flexibility index (Phi) is 6.81. The maximum Gasteiger partial charge on any atom is 0.264 e. The fourth-order valence-electron chi connectivity index (χ4n) is 5.98. The Balaban J connectivity index is 1.44. The third-order valence-corrected chi connectivity index (χ3v) is 10.4. The van der Waals surface area contributed by atoms with E-state index < -0.39 is 10.0 Å². The number of carbonyl (C=O) groups is 1. The first-order valence-corrected chi connectivity index (χ1v) is 14.9. The van der Waals surface area contributed by atoms with Gasteiger partial charge in [0.25, 0.3) is 10.0 Å². The molecule has 5 rings (SSSR count). The minimum atomic E-state index is -3.75. The number of allylic oxidation sites excluding steroid dienone is 3. The van der Waals surface area contributed by atoms with Crippen molar-refractivity contribution in [1.82, 2.24) is 0 Å². The van der Waals surface area contributed by atoms with Gasteiger partial charge in [0.1, 0.15) is 0 Å². The van der Waals surface area contributed by atoms with Crippen LogP contribution in [0.1, 0.15) is 56.4 Å². The molecule has 4 atom stereocenters. The minimum absolute atomic E-state index is 0.0258. The normalized spacial score (nSPS) is 26.4. The topological polar surface area (TPSA) is 75.7 Å². The quantitative estimate of drug-likeness (QED) is 0.483. The van der Waals surface area contributed by atoms with E-state index in [9.17, 15) is 13.2 Å². The van der Waals surface area contributed by atoms with Crippen LogP contribution in [0.5, 0.6) is 0 Å². The van der Waals surface area contributed by atoms with Crippen molar-refractivity contribution in [2.75, 3.05) is 23.3 Å². The molecule has 0 aromatic heterocycles. The van der Waals surface area contributed by atoms with E-state index in [-0.39, 0.29) is 40.1 Å². The highest BCUT2D eigenvalue weighted by atomic mass is 32.2. The predicted octanol–water partition coefficient (Wildman–Crippen LogP) is 6.12. The fraction of sp³-hybridized carbons (Fsp3) is 0.452. The largest absolute Gasteiger partial charge is 0.381 e. The second-order valence-corrected chi connectivity index (χ2v) is 13.5. The molecular formula is C31H38N2O4S. The molecule has 2 aromatic carbocycles. The summed E-state index contributed by atoms with van der Waals surface area (Å²) in [5.74, 6) is 0.345. The van der Waals surface area contributed by atoms with Crippen LogP contribution in [0.4, 0.5) is 11.4 Å². The van der Waals surface area contributed by atoms with Gasteiger partial charge in [-0.3, -0.25) is 9.10 Å². The van der Waals surface area contributed by atoms with E-state index in [1.54, 1.807) is 19.2 Å². The molecule has 3 aliphatic rings. The Labute approximate surface area is 226 Å². The number of aryl methyl sites for hydroxylation is 2. The standard InChI is InChI=1S/C31H38N2O4S/c1-19(2)28(34)22-11-14-31(5,15-12-22)30-25-13-16-37-29(25)26-18-24(9-10-27(26)32-30)38(35,36)33(6)23-8-7-20(3)21(4)17-23/h7-12,14,17-19,25,29-30,32H,13,15-16H2,1-6H3/t25-,29+,30+,31?/m1/s1. The molecule has 1 unspecified atom stereocenters. The van der Waals surface area contributed by atoms with Gasteiger partial charge in [-0.05, 0) is 68.1 Å². The van der Waals surface area contributed by atoms with Crippen LogP contribution in [0.15, 0.2) is 65.1 Å². The molecule has 6 nitrogen and oxygen atoms in total. The minimum Gasteiger partial charge on any atom is -0.381 e. The SMILES string of the molecule is Cc1ccc(N(C)S(=O)(=O)c2ccc3c(c2)[C@H]2OCC[C@H]2[C@@H](C2(C)C=CC(C(=O)C(C)C)=CC2)N3)cc1C. The maximum absolute atomic E-state index is 13.6. The highest BCUT2D eigenvalue weighted by Gasteiger charge is 2.48. The Morgan fingerprint density at radius 3 is 2.55 bits per heavy atom. The first-order valence-electron chi connectivity index (χ1n) is 13.4. The first-order chi connectivity index (χ1) is 17.9. The number of ether oxygens (including phenoxy) is 1. The Morgan fingerprint density at radius 2 is 1.89 bits per heavy atom. The van der Waals surface area contributed by atoms with Crippen LogP contribution in [0, 0.1) is 31.1 Å². The maximum atomic E-state index is 13.6. The predicted molar refractivity (Wildman–Crippen MR) is 152 cm³/mol. The van der Waals surface area contributed by atoms with Crippen LogP contribution >= 0.6 is 0 Å². The van der Waals surface area contributed by atoms with Gasteiger partial charge in [0.05, 0.1) is 16.7 Å². The number of rotatable bonds is 6. The van der Waals surface area contributed by atoms with Gasteiger partial charge in [-0.2, -0.15) is 0 Å². The second kappa shape index (κ2) is 9.69. The Bertz CT molecular complexity index is 1440. The first kappa shape index (κ1) is 26.7. The van der Waals surface area contributed by atoms with E-state index in [0.717, 1.165) is 40.8 Å². The lowest BCUT2D eigenvalue weighted by Gasteiger charge is -2.46. The molecule has 1 saturated heterocycles. The Hall–Kier alpha value is -2.90. The van der Waals surface area contributed by atoms with E-state index in [4.69, 9.17) is 4.74 Å². The number of ketones is 1. The monoisotopic (exact) mass is 534 g/mol. The molecule has 202 valence electrons. The summed E-state index contributed by atoms with van der Waals surface area (Å²) >= 11 is 0. The molecule has 0 spiro atoms. The van der Waals surface area contributed by atoms with Crippen molar-refractivity contribution in [3.05, 3.63) is 76.9 Å². The van der Waals surface area contributed by atoms with E-state index in [2.05, 4.69) is 24.4 Å². The summed E-state index contributed by atoms with van der Waals surface area (Å²) in [5.41, 5.74) is 5.21. The van der Waals surface area contributed by atoms with Crippen LogP contribution in [0.3, 0.4) is 0 Å². The molecule has 0 amide bonds. The summed E-state index contributed by atoms with van der Waals surface area (Å²) in [4.78, 5) is 12.8.